The molecule has 1 aromatic carbocycles. The van der Waals surface area contributed by atoms with Crippen LogP contribution in [-0.4, -0.2) is 66.4 Å². The van der Waals surface area contributed by atoms with E-state index in [1.807, 2.05) is 16.8 Å². The van der Waals surface area contributed by atoms with Gasteiger partial charge in [-0.25, -0.2) is 13.4 Å². The quantitative estimate of drug-likeness (QED) is 0.718. The van der Waals surface area contributed by atoms with E-state index in [-0.39, 0.29) is 23.9 Å². The van der Waals surface area contributed by atoms with Gasteiger partial charge in [0.15, 0.2) is 6.10 Å². The van der Waals surface area contributed by atoms with Gasteiger partial charge < -0.3 is 14.2 Å². The van der Waals surface area contributed by atoms with Gasteiger partial charge in [-0.15, -0.1) is 0 Å². The minimum absolute atomic E-state index is 0.101. The topological polar surface area (TPSA) is 109 Å². The van der Waals surface area contributed by atoms with Crippen LogP contribution in [0.1, 0.15) is 24.2 Å². The van der Waals surface area contributed by atoms with Crippen LogP contribution >= 0.6 is 0 Å². The van der Waals surface area contributed by atoms with Crippen molar-refractivity contribution in [3.63, 3.8) is 0 Å². The summed E-state index contributed by atoms with van der Waals surface area (Å²) in [6.45, 7) is 0.848. The minimum Gasteiger partial charge on any atom is -0.352 e. The Balaban J connectivity index is 1.59. The smallest absolute Gasteiger partial charge is 0.253 e. The van der Waals surface area contributed by atoms with Gasteiger partial charge in [0.2, 0.25) is 10.0 Å². The Morgan fingerprint density at radius 1 is 1.33 bits per heavy atom. The molecule has 9 nitrogen and oxygen atoms in total. The van der Waals surface area contributed by atoms with Crippen LogP contribution in [-0.2, 0) is 31.7 Å². The third-order valence-corrected chi connectivity index (χ3v) is 7.60. The number of fused-ring (bicyclic) bond motifs is 2. The number of hydrogen-bond donors (Lipinski definition) is 0. The molecule has 158 valence electrons. The van der Waals surface area contributed by atoms with Gasteiger partial charge in [-0.3, -0.25) is 4.79 Å². The van der Waals surface area contributed by atoms with Crippen LogP contribution in [0, 0.1) is 11.3 Å². The van der Waals surface area contributed by atoms with E-state index in [1.54, 1.807) is 32.4 Å². The molecule has 1 fully saturated rings. The average molecular weight is 430 g/mol. The molecule has 1 aromatic heterocycles. The van der Waals surface area contributed by atoms with Crippen LogP contribution in [0.3, 0.4) is 0 Å². The van der Waals surface area contributed by atoms with Gasteiger partial charge >= 0.3 is 0 Å². The van der Waals surface area contributed by atoms with Crippen LogP contribution < -0.4 is 0 Å². The Bertz CT molecular complexity index is 1110. The van der Waals surface area contributed by atoms with E-state index in [1.165, 1.54) is 21.3 Å². The standard InChI is InChI=1S/C20H23N5O4S/c1-23(2)18(26)17-14-24-11-8-22-19(24)20(29-17)6-9-25(10-7-20)30(27,28)16-5-3-4-15(12-16)13-21/h3-5,8,11-12,17H,6-7,9-10,14H2,1-2H3. The average Bonchev–Trinajstić information content (AvgIpc) is 3.23. The molecule has 10 heteroatoms. The number of carbonyl (C=O) groups is 1. The number of benzene rings is 1. The first-order chi connectivity index (χ1) is 14.3. The second-order valence-corrected chi connectivity index (χ2v) is 9.72. The summed E-state index contributed by atoms with van der Waals surface area (Å²) in [5.74, 6) is 0.603. The second kappa shape index (κ2) is 7.50. The molecule has 0 aliphatic carbocycles. The number of nitriles is 1. The SMILES string of the molecule is CN(C)C(=O)C1Cn2ccnc2C2(CCN(S(=O)(=O)c3cccc(C#N)c3)CC2)O1. The van der Waals surface area contributed by atoms with Crippen LogP contribution in [0.15, 0.2) is 41.6 Å². The van der Waals surface area contributed by atoms with Gasteiger partial charge in [0.1, 0.15) is 11.4 Å². The number of rotatable bonds is 3. The summed E-state index contributed by atoms with van der Waals surface area (Å²) in [7, 11) is -0.359. The molecule has 1 unspecified atom stereocenters. The van der Waals surface area contributed by atoms with Gasteiger partial charge in [0.05, 0.1) is 23.1 Å². The molecule has 1 spiro atoms. The molecule has 30 heavy (non-hydrogen) atoms. The van der Waals surface area contributed by atoms with Crippen molar-refractivity contribution in [2.45, 2.75) is 36.0 Å². The first-order valence-corrected chi connectivity index (χ1v) is 11.1. The zero-order valence-corrected chi connectivity index (χ0v) is 17.7. The normalized spacial score (nSPS) is 21.0. The lowest BCUT2D eigenvalue weighted by Crippen LogP contribution is -2.54. The minimum atomic E-state index is -3.73. The van der Waals surface area contributed by atoms with Crippen molar-refractivity contribution in [1.82, 2.24) is 18.8 Å². The summed E-state index contributed by atoms with van der Waals surface area (Å²) in [5.41, 5.74) is -0.509. The van der Waals surface area contributed by atoms with E-state index in [2.05, 4.69) is 4.98 Å². The maximum atomic E-state index is 13.1. The van der Waals surface area contributed by atoms with Crippen LogP contribution in [0.5, 0.6) is 0 Å². The highest BCUT2D eigenvalue weighted by Gasteiger charge is 2.48. The molecule has 0 bridgehead atoms. The number of carbonyl (C=O) groups excluding carboxylic acids is 1. The van der Waals surface area contributed by atoms with E-state index < -0.39 is 21.7 Å². The number of likely N-dealkylation sites (N-methyl/N-ethyl adjacent to an activating group) is 1. The van der Waals surface area contributed by atoms with Crippen molar-refractivity contribution < 1.29 is 17.9 Å². The van der Waals surface area contributed by atoms with Crippen LogP contribution in [0.4, 0.5) is 0 Å². The van der Waals surface area contributed by atoms with Crippen molar-refractivity contribution >= 4 is 15.9 Å². The molecule has 0 saturated carbocycles. The number of imidazole rings is 1. The fraction of sp³-hybridized carbons (Fsp3) is 0.450. The highest BCUT2D eigenvalue weighted by molar-refractivity contribution is 7.89. The molecule has 2 aromatic rings. The predicted octanol–water partition coefficient (Wildman–Crippen LogP) is 0.922. The van der Waals surface area contributed by atoms with Gasteiger partial charge in [0, 0.05) is 39.6 Å². The lowest BCUT2D eigenvalue weighted by molar-refractivity contribution is -0.177. The Morgan fingerprint density at radius 2 is 2.07 bits per heavy atom. The summed E-state index contributed by atoms with van der Waals surface area (Å²) >= 11 is 0. The fourth-order valence-corrected chi connectivity index (χ4v) is 5.61. The second-order valence-electron chi connectivity index (χ2n) is 7.78. The molecule has 2 aliphatic rings. The van der Waals surface area contributed by atoms with E-state index >= 15 is 0 Å². The highest BCUT2D eigenvalue weighted by Crippen LogP contribution is 2.41. The number of aromatic nitrogens is 2. The molecule has 2 aliphatic heterocycles. The van der Waals surface area contributed by atoms with Gasteiger partial charge in [-0.05, 0) is 31.0 Å². The monoisotopic (exact) mass is 429 g/mol. The van der Waals surface area contributed by atoms with E-state index in [0.29, 0.717) is 24.9 Å². The third-order valence-electron chi connectivity index (χ3n) is 5.70. The summed E-state index contributed by atoms with van der Waals surface area (Å²) in [4.78, 5) is 18.6. The van der Waals surface area contributed by atoms with Crippen molar-refractivity contribution in [3.8, 4) is 6.07 Å². The molecule has 1 atom stereocenters. The Hall–Kier alpha value is -2.74. The molecule has 1 saturated heterocycles. The Kier molecular flexibility index (Phi) is 5.13. The van der Waals surface area contributed by atoms with E-state index in [4.69, 9.17) is 10.00 Å². The molecule has 0 radical (unpaired) electrons. The van der Waals surface area contributed by atoms with Gasteiger partial charge in [-0.2, -0.15) is 9.57 Å². The summed E-state index contributed by atoms with van der Waals surface area (Å²) in [5, 5.41) is 9.07. The van der Waals surface area contributed by atoms with Crippen molar-refractivity contribution in [2.75, 3.05) is 27.2 Å². The van der Waals surface area contributed by atoms with E-state index in [9.17, 15) is 13.2 Å². The lowest BCUT2D eigenvalue weighted by atomic mass is 9.89. The number of hydrogen-bond acceptors (Lipinski definition) is 6. The maximum Gasteiger partial charge on any atom is 0.253 e. The van der Waals surface area contributed by atoms with Gasteiger partial charge in [0.25, 0.3) is 5.91 Å². The molecule has 1 amide bonds. The number of amides is 1. The van der Waals surface area contributed by atoms with Gasteiger partial charge in [-0.1, -0.05) is 6.07 Å². The molecule has 4 rings (SSSR count). The Labute approximate surface area is 175 Å². The largest absolute Gasteiger partial charge is 0.352 e. The number of ether oxygens (including phenoxy) is 1. The Morgan fingerprint density at radius 3 is 2.73 bits per heavy atom. The number of sulfonamides is 1. The molecule has 0 N–H and O–H groups in total. The van der Waals surface area contributed by atoms with E-state index in [0.717, 1.165) is 5.82 Å². The number of piperidine rings is 1. The molecule has 3 heterocycles. The zero-order valence-electron chi connectivity index (χ0n) is 16.9. The third kappa shape index (κ3) is 3.39. The number of nitrogens with zero attached hydrogens (tertiary/aromatic N) is 5. The molecular weight excluding hydrogens is 406 g/mol. The van der Waals surface area contributed by atoms with Crippen molar-refractivity contribution in [1.29, 1.82) is 5.26 Å². The summed E-state index contributed by atoms with van der Waals surface area (Å²) < 4.78 is 35.8. The first-order valence-electron chi connectivity index (χ1n) is 9.68. The first kappa shape index (κ1) is 20.5. The summed E-state index contributed by atoms with van der Waals surface area (Å²) in [6.07, 6.45) is 3.64. The zero-order chi connectivity index (χ0) is 21.5. The van der Waals surface area contributed by atoms with Crippen molar-refractivity contribution in [2.24, 2.45) is 0 Å². The lowest BCUT2D eigenvalue weighted by Gasteiger charge is -2.45. The van der Waals surface area contributed by atoms with Crippen LogP contribution in [0.25, 0.3) is 0 Å². The molecular formula is C20H23N5O4S. The van der Waals surface area contributed by atoms with Crippen molar-refractivity contribution in [3.05, 3.63) is 48.0 Å². The maximum absolute atomic E-state index is 13.1. The predicted molar refractivity (Wildman–Crippen MR) is 107 cm³/mol. The fourth-order valence-electron chi connectivity index (χ4n) is 4.12. The van der Waals surface area contributed by atoms with Crippen LogP contribution in [0.2, 0.25) is 0 Å². The highest BCUT2D eigenvalue weighted by atomic mass is 32.2. The summed E-state index contributed by atoms with van der Waals surface area (Å²) in [6, 6.07) is 7.99.